The van der Waals surface area contributed by atoms with E-state index >= 15 is 0 Å². The zero-order chi connectivity index (χ0) is 14.4. The summed E-state index contributed by atoms with van der Waals surface area (Å²) in [6, 6.07) is 7.52. The van der Waals surface area contributed by atoms with Crippen LogP contribution in [0.25, 0.3) is 0 Å². The lowest BCUT2D eigenvalue weighted by atomic mass is 9.89. The van der Waals surface area contributed by atoms with Gasteiger partial charge in [0, 0.05) is 19.3 Å². The van der Waals surface area contributed by atoms with Crippen LogP contribution >= 0.6 is 0 Å². The van der Waals surface area contributed by atoms with Crippen LogP contribution < -0.4 is 5.32 Å². The standard InChI is InChI=1S/C18H29NO/c1-4-19-18(12-16-5-7-20-8-6-16)13-17-10-14(2)9-15(3)11-17/h9-11,16,18-19H,4-8,12-13H2,1-3H3. The topological polar surface area (TPSA) is 21.3 Å². The fourth-order valence-corrected chi connectivity index (χ4v) is 3.38. The van der Waals surface area contributed by atoms with Crippen LogP contribution in [-0.2, 0) is 11.2 Å². The Morgan fingerprint density at radius 3 is 2.40 bits per heavy atom. The van der Waals surface area contributed by atoms with Crippen molar-refractivity contribution < 1.29 is 4.74 Å². The van der Waals surface area contributed by atoms with Crippen LogP contribution in [0.15, 0.2) is 18.2 Å². The van der Waals surface area contributed by atoms with E-state index in [0.29, 0.717) is 6.04 Å². The van der Waals surface area contributed by atoms with E-state index in [-0.39, 0.29) is 0 Å². The van der Waals surface area contributed by atoms with Gasteiger partial charge in [0.15, 0.2) is 0 Å². The van der Waals surface area contributed by atoms with Gasteiger partial charge in [-0.3, -0.25) is 0 Å². The average Bonchev–Trinajstić information content (AvgIpc) is 2.39. The maximum atomic E-state index is 5.47. The highest BCUT2D eigenvalue weighted by Gasteiger charge is 2.19. The molecule has 1 aliphatic rings. The van der Waals surface area contributed by atoms with E-state index in [1.54, 1.807) is 0 Å². The van der Waals surface area contributed by atoms with Crippen molar-refractivity contribution in [3.8, 4) is 0 Å². The number of ether oxygens (including phenoxy) is 1. The van der Waals surface area contributed by atoms with Crippen molar-refractivity contribution in [3.63, 3.8) is 0 Å². The zero-order valence-corrected chi connectivity index (χ0v) is 13.2. The molecule has 0 amide bonds. The van der Waals surface area contributed by atoms with E-state index in [1.165, 1.54) is 36.0 Å². The van der Waals surface area contributed by atoms with E-state index in [0.717, 1.165) is 32.1 Å². The first-order valence-electron chi connectivity index (χ1n) is 8.05. The molecule has 1 saturated heterocycles. The van der Waals surface area contributed by atoms with E-state index in [9.17, 15) is 0 Å². The van der Waals surface area contributed by atoms with Crippen LogP contribution in [0.2, 0.25) is 0 Å². The summed E-state index contributed by atoms with van der Waals surface area (Å²) in [4.78, 5) is 0. The molecule has 1 atom stereocenters. The maximum Gasteiger partial charge on any atom is 0.0468 e. The van der Waals surface area contributed by atoms with E-state index < -0.39 is 0 Å². The minimum Gasteiger partial charge on any atom is -0.381 e. The Hall–Kier alpha value is -0.860. The monoisotopic (exact) mass is 275 g/mol. The van der Waals surface area contributed by atoms with E-state index in [4.69, 9.17) is 4.74 Å². The molecule has 112 valence electrons. The highest BCUT2D eigenvalue weighted by Crippen LogP contribution is 2.22. The van der Waals surface area contributed by atoms with Gasteiger partial charge >= 0.3 is 0 Å². The summed E-state index contributed by atoms with van der Waals surface area (Å²) in [7, 11) is 0. The van der Waals surface area contributed by atoms with Crippen LogP contribution in [0.5, 0.6) is 0 Å². The Morgan fingerprint density at radius 2 is 1.80 bits per heavy atom. The summed E-state index contributed by atoms with van der Waals surface area (Å²) in [5, 5.41) is 3.68. The third kappa shape index (κ3) is 4.92. The number of benzene rings is 1. The summed E-state index contributed by atoms with van der Waals surface area (Å²) in [6.45, 7) is 9.55. The van der Waals surface area contributed by atoms with Crippen LogP contribution in [0.1, 0.15) is 42.9 Å². The molecule has 1 aromatic carbocycles. The predicted molar refractivity (Wildman–Crippen MR) is 85.2 cm³/mol. The van der Waals surface area contributed by atoms with Gasteiger partial charge in [0.25, 0.3) is 0 Å². The SMILES string of the molecule is CCNC(Cc1cc(C)cc(C)c1)CC1CCOCC1. The molecule has 1 N–H and O–H groups in total. The molecule has 1 heterocycles. The largest absolute Gasteiger partial charge is 0.381 e. The molecule has 0 bridgehead atoms. The van der Waals surface area contributed by atoms with Crippen LogP contribution in [0, 0.1) is 19.8 Å². The zero-order valence-electron chi connectivity index (χ0n) is 13.2. The lowest BCUT2D eigenvalue weighted by molar-refractivity contribution is 0.0606. The lowest BCUT2D eigenvalue weighted by Gasteiger charge is -2.27. The molecule has 0 radical (unpaired) electrons. The van der Waals surface area contributed by atoms with Crippen molar-refractivity contribution in [3.05, 3.63) is 34.9 Å². The molecule has 2 nitrogen and oxygen atoms in total. The highest BCUT2D eigenvalue weighted by molar-refractivity contribution is 5.29. The maximum absolute atomic E-state index is 5.47. The Bertz CT molecular complexity index is 390. The minimum absolute atomic E-state index is 0.601. The molecule has 2 rings (SSSR count). The van der Waals surface area contributed by atoms with Gasteiger partial charge < -0.3 is 10.1 Å². The van der Waals surface area contributed by atoms with Crippen molar-refractivity contribution in [1.82, 2.24) is 5.32 Å². The van der Waals surface area contributed by atoms with Crippen molar-refractivity contribution in [1.29, 1.82) is 0 Å². The number of likely N-dealkylation sites (N-methyl/N-ethyl adjacent to an activating group) is 1. The number of hydrogen-bond acceptors (Lipinski definition) is 2. The second-order valence-corrected chi connectivity index (χ2v) is 6.25. The van der Waals surface area contributed by atoms with Gasteiger partial charge in [0.2, 0.25) is 0 Å². The smallest absolute Gasteiger partial charge is 0.0468 e. The van der Waals surface area contributed by atoms with Crippen molar-refractivity contribution in [2.24, 2.45) is 5.92 Å². The number of hydrogen-bond donors (Lipinski definition) is 1. The first-order valence-corrected chi connectivity index (χ1v) is 8.05. The second kappa shape index (κ2) is 7.80. The third-order valence-electron chi connectivity index (χ3n) is 4.22. The van der Waals surface area contributed by atoms with Crippen LogP contribution in [0.4, 0.5) is 0 Å². The number of rotatable bonds is 6. The summed E-state index contributed by atoms with van der Waals surface area (Å²) >= 11 is 0. The number of aryl methyl sites for hydroxylation is 2. The van der Waals surface area contributed by atoms with Gasteiger partial charge in [-0.05, 0) is 57.6 Å². The van der Waals surface area contributed by atoms with Gasteiger partial charge in [-0.1, -0.05) is 36.2 Å². The molecule has 0 spiro atoms. The lowest BCUT2D eigenvalue weighted by Crippen LogP contribution is -2.34. The Balaban J connectivity index is 1.96. The van der Waals surface area contributed by atoms with Crippen LogP contribution in [-0.4, -0.2) is 25.8 Å². The Labute approximate surface area is 123 Å². The minimum atomic E-state index is 0.601. The van der Waals surface area contributed by atoms with Crippen LogP contribution in [0.3, 0.4) is 0 Å². The summed E-state index contributed by atoms with van der Waals surface area (Å²) < 4.78 is 5.47. The summed E-state index contributed by atoms with van der Waals surface area (Å²) in [5.41, 5.74) is 4.23. The fourth-order valence-electron chi connectivity index (χ4n) is 3.38. The molecule has 1 aliphatic heterocycles. The summed E-state index contributed by atoms with van der Waals surface area (Å²) in [6.07, 6.45) is 4.89. The van der Waals surface area contributed by atoms with Crippen molar-refractivity contribution >= 4 is 0 Å². The summed E-state index contributed by atoms with van der Waals surface area (Å²) in [5.74, 6) is 0.832. The fraction of sp³-hybridized carbons (Fsp3) is 0.667. The third-order valence-corrected chi connectivity index (χ3v) is 4.22. The molecular weight excluding hydrogens is 246 g/mol. The van der Waals surface area contributed by atoms with Gasteiger partial charge in [0.1, 0.15) is 0 Å². The molecule has 0 saturated carbocycles. The predicted octanol–water partition coefficient (Wildman–Crippen LogP) is 3.64. The quantitative estimate of drug-likeness (QED) is 0.856. The van der Waals surface area contributed by atoms with Gasteiger partial charge in [-0.25, -0.2) is 0 Å². The van der Waals surface area contributed by atoms with Crippen molar-refractivity contribution in [2.45, 2.75) is 52.5 Å². The Kier molecular flexibility index (Phi) is 6.06. The average molecular weight is 275 g/mol. The molecule has 0 aromatic heterocycles. The first kappa shape index (κ1) is 15.5. The van der Waals surface area contributed by atoms with Gasteiger partial charge in [0.05, 0.1) is 0 Å². The van der Waals surface area contributed by atoms with Crippen molar-refractivity contribution in [2.75, 3.05) is 19.8 Å². The Morgan fingerprint density at radius 1 is 1.15 bits per heavy atom. The highest BCUT2D eigenvalue weighted by atomic mass is 16.5. The molecule has 1 aromatic rings. The van der Waals surface area contributed by atoms with E-state index in [2.05, 4.69) is 44.3 Å². The first-order chi connectivity index (χ1) is 9.67. The molecule has 1 fully saturated rings. The van der Waals surface area contributed by atoms with Gasteiger partial charge in [-0.2, -0.15) is 0 Å². The number of nitrogens with one attached hydrogen (secondary N) is 1. The molecule has 0 aliphatic carbocycles. The molecule has 20 heavy (non-hydrogen) atoms. The molecule has 1 unspecified atom stereocenters. The van der Waals surface area contributed by atoms with E-state index in [1.807, 2.05) is 0 Å². The second-order valence-electron chi connectivity index (χ2n) is 6.25. The molecular formula is C18H29NO. The molecule has 2 heteroatoms. The normalized spacial score (nSPS) is 18.1. The van der Waals surface area contributed by atoms with Gasteiger partial charge in [-0.15, -0.1) is 0 Å².